The summed E-state index contributed by atoms with van der Waals surface area (Å²) in [5.74, 6) is 4.76. The van der Waals surface area contributed by atoms with Gasteiger partial charge in [0, 0.05) is 24.0 Å². The number of fused-ring (bicyclic) bond motifs is 2. The molecule has 4 atom stereocenters. The second-order valence-electron chi connectivity index (χ2n) is 5.27. The van der Waals surface area contributed by atoms with Crippen LogP contribution in [0.5, 0.6) is 0 Å². The highest BCUT2D eigenvalue weighted by Crippen LogP contribution is 2.49. The summed E-state index contributed by atoms with van der Waals surface area (Å²) in [5.41, 5.74) is 0. The van der Waals surface area contributed by atoms with E-state index in [1.54, 1.807) is 0 Å². The van der Waals surface area contributed by atoms with E-state index >= 15 is 0 Å². The summed E-state index contributed by atoms with van der Waals surface area (Å²) in [6, 6.07) is 0.174. The molecule has 1 aliphatic heterocycles. The summed E-state index contributed by atoms with van der Waals surface area (Å²) >= 11 is 1.93. The maximum Gasteiger partial charge on any atom is 0.153 e. The molecule has 2 bridgehead atoms. The molecule has 2 saturated carbocycles. The average molecular weight is 225 g/mol. The number of carbonyl (C=O) groups excluding carboxylic acids is 1. The molecule has 0 aromatic rings. The number of nitrogens with one attached hydrogen (secondary N) is 1. The first kappa shape index (κ1) is 10.2. The van der Waals surface area contributed by atoms with Crippen molar-refractivity contribution < 1.29 is 4.79 Å². The van der Waals surface area contributed by atoms with E-state index in [2.05, 4.69) is 5.32 Å². The highest BCUT2D eigenvalue weighted by Gasteiger charge is 2.44. The Balaban J connectivity index is 1.64. The van der Waals surface area contributed by atoms with Crippen LogP contribution in [-0.4, -0.2) is 29.9 Å². The van der Waals surface area contributed by atoms with Gasteiger partial charge in [0.15, 0.2) is 5.78 Å². The third kappa shape index (κ3) is 1.84. The van der Waals surface area contributed by atoms with E-state index in [0.29, 0.717) is 11.7 Å². The van der Waals surface area contributed by atoms with Crippen LogP contribution in [-0.2, 0) is 4.79 Å². The van der Waals surface area contributed by atoms with Crippen molar-refractivity contribution in [2.24, 2.45) is 17.8 Å². The van der Waals surface area contributed by atoms with Gasteiger partial charge in [0.25, 0.3) is 0 Å². The van der Waals surface area contributed by atoms with Gasteiger partial charge in [-0.25, -0.2) is 0 Å². The molecule has 2 aliphatic carbocycles. The molecule has 1 heterocycles. The Labute approximate surface area is 95.6 Å². The third-order valence-electron chi connectivity index (χ3n) is 4.37. The third-order valence-corrected chi connectivity index (χ3v) is 5.43. The molecule has 4 unspecified atom stereocenters. The highest BCUT2D eigenvalue weighted by molar-refractivity contribution is 7.99. The van der Waals surface area contributed by atoms with Gasteiger partial charge < -0.3 is 5.32 Å². The van der Waals surface area contributed by atoms with Crippen LogP contribution in [0.15, 0.2) is 0 Å². The molecular formula is C12H19NOS. The van der Waals surface area contributed by atoms with Crippen molar-refractivity contribution in [1.29, 1.82) is 0 Å². The molecule has 0 spiro atoms. The summed E-state index contributed by atoms with van der Waals surface area (Å²) in [4.78, 5) is 12.3. The molecule has 0 aromatic carbocycles. The van der Waals surface area contributed by atoms with Crippen LogP contribution in [0.2, 0.25) is 0 Å². The van der Waals surface area contributed by atoms with Crippen LogP contribution < -0.4 is 5.32 Å². The molecule has 15 heavy (non-hydrogen) atoms. The highest BCUT2D eigenvalue weighted by atomic mass is 32.2. The van der Waals surface area contributed by atoms with Crippen LogP contribution in [0, 0.1) is 17.8 Å². The fraction of sp³-hybridized carbons (Fsp3) is 0.917. The van der Waals surface area contributed by atoms with E-state index in [9.17, 15) is 4.79 Å². The van der Waals surface area contributed by atoms with Crippen molar-refractivity contribution >= 4 is 17.5 Å². The maximum absolute atomic E-state index is 12.3. The van der Waals surface area contributed by atoms with Crippen LogP contribution >= 0.6 is 11.8 Å². The topological polar surface area (TPSA) is 29.1 Å². The summed E-state index contributed by atoms with van der Waals surface area (Å²) in [6.45, 7) is 1.02. The normalized spacial score (nSPS) is 44.5. The minimum Gasteiger partial charge on any atom is -0.306 e. The van der Waals surface area contributed by atoms with Gasteiger partial charge >= 0.3 is 0 Å². The predicted molar refractivity (Wildman–Crippen MR) is 63.1 cm³/mol. The van der Waals surface area contributed by atoms with Crippen molar-refractivity contribution in [1.82, 2.24) is 5.32 Å². The number of hydrogen-bond donors (Lipinski definition) is 1. The zero-order valence-electron chi connectivity index (χ0n) is 9.08. The summed E-state index contributed by atoms with van der Waals surface area (Å²) in [7, 11) is 0. The Morgan fingerprint density at radius 2 is 2.20 bits per heavy atom. The standard InChI is InChI=1S/C12H19NOS/c14-12(11-7-15-4-3-13-11)10-6-8-1-2-9(10)5-8/h8-11,13H,1-7H2. The van der Waals surface area contributed by atoms with Gasteiger partial charge in [0.1, 0.15) is 0 Å². The second kappa shape index (κ2) is 4.10. The minimum absolute atomic E-state index is 0.174. The van der Waals surface area contributed by atoms with E-state index in [1.165, 1.54) is 31.4 Å². The lowest BCUT2D eigenvalue weighted by atomic mass is 9.83. The number of ketones is 1. The molecule has 1 saturated heterocycles. The van der Waals surface area contributed by atoms with Gasteiger partial charge in [0.05, 0.1) is 6.04 Å². The summed E-state index contributed by atoms with van der Waals surface area (Å²) in [6.07, 6.45) is 5.25. The molecule has 3 fully saturated rings. The van der Waals surface area contributed by atoms with E-state index < -0.39 is 0 Å². The van der Waals surface area contributed by atoms with Crippen LogP contribution in [0.4, 0.5) is 0 Å². The molecule has 1 N–H and O–H groups in total. The Kier molecular flexibility index (Phi) is 2.77. The van der Waals surface area contributed by atoms with E-state index in [0.717, 1.165) is 24.1 Å². The maximum atomic E-state index is 12.3. The largest absolute Gasteiger partial charge is 0.306 e. The Bertz CT molecular complexity index is 262. The molecular weight excluding hydrogens is 206 g/mol. The predicted octanol–water partition coefficient (Wildman–Crippen LogP) is 1.70. The minimum atomic E-state index is 0.174. The van der Waals surface area contributed by atoms with Crippen molar-refractivity contribution in [3.63, 3.8) is 0 Å². The fourth-order valence-corrected chi connectivity index (χ4v) is 4.55. The molecule has 0 amide bonds. The average Bonchev–Trinajstić information content (AvgIpc) is 2.91. The Hall–Kier alpha value is -0.0200. The van der Waals surface area contributed by atoms with Crippen LogP contribution in [0.1, 0.15) is 25.7 Å². The van der Waals surface area contributed by atoms with Crippen molar-refractivity contribution in [2.45, 2.75) is 31.7 Å². The summed E-state index contributed by atoms with van der Waals surface area (Å²) < 4.78 is 0. The number of Topliss-reactive ketones (excluding diaryl/α,β-unsaturated/α-hetero) is 1. The lowest BCUT2D eigenvalue weighted by Gasteiger charge is -2.28. The Morgan fingerprint density at radius 3 is 2.80 bits per heavy atom. The van der Waals surface area contributed by atoms with E-state index in [1.807, 2.05) is 11.8 Å². The second-order valence-corrected chi connectivity index (χ2v) is 6.42. The van der Waals surface area contributed by atoms with Crippen LogP contribution in [0.3, 0.4) is 0 Å². The van der Waals surface area contributed by atoms with Gasteiger partial charge in [0.2, 0.25) is 0 Å². The van der Waals surface area contributed by atoms with Gasteiger partial charge in [-0.15, -0.1) is 0 Å². The monoisotopic (exact) mass is 225 g/mol. The zero-order valence-corrected chi connectivity index (χ0v) is 9.89. The van der Waals surface area contributed by atoms with Crippen LogP contribution in [0.25, 0.3) is 0 Å². The van der Waals surface area contributed by atoms with Crippen molar-refractivity contribution in [2.75, 3.05) is 18.1 Å². The molecule has 0 aromatic heterocycles. The fourth-order valence-electron chi connectivity index (χ4n) is 3.60. The van der Waals surface area contributed by atoms with Gasteiger partial charge in [-0.1, -0.05) is 6.42 Å². The number of carbonyl (C=O) groups is 1. The van der Waals surface area contributed by atoms with Crippen molar-refractivity contribution in [3.05, 3.63) is 0 Å². The van der Waals surface area contributed by atoms with E-state index in [-0.39, 0.29) is 6.04 Å². The molecule has 3 aliphatic rings. The van der Waals surface area contributed by atoms with Crippen molar-refractivity contribution in [3.8, 4) is 0 Å². The first-order chi connectivity index (χ1) is 7.34. The van der Waals surface area contributed by atoms with E-state index in [4.69, 9.17) is 0 Å². The SMILES string of the molecule is O=C(C1CSCCN1)C1CC2CCC1C2. The first-order valence-electron chi connectivity index (χ1n) is 6.19. The number of rotatable bonds is 2. The lowest BCUT2D eigenvalue weighted by Crippen LogP contribution is -2.46. The lowest BCUT2D eigenvalue weighted by molar-refractivity contribution is -0.126. The molecule has 3 heteroatoms. The van der Waals surface area contributed by atoms with Gasteiger partial charge in [-0.3, -0.25) is 4.79 Å². The smallest absolute Gasteiger partial charge is 0.153 e. The molecule has 2 nitrogen and oxygen atoms in total. The van der Waals surface area contributed by atoms with Gasteiger partial charge in [-0.05, 0) is 31.1 Å². The van der Waals surface area contributed by atoms with Gasteiger partial charge in [-0.2, -0.15) is 11.8 Å². The molecule has 0 radical (unpaired) electrons. The Morgan fingerprint density at radius 1 is 1.27 bits per heavy atom. The quantitative estimate of drug-likeness (QED) is 0.775. The number of hydrogen-bond acceptors (Lipinski definition) is 3. The number of thioether (sulfide) groups is 1. The zero-order chi connectivity index (χ0) is 10.3. The first-order valence-corrected chi connectivity index (χ1v) is 7.35. The molecule has 3 rings (SSSR count). The summed E-state index contributed by atoms with van der Waals surface area (Å²) in [5, 5.41) is 3.38. The molecule has 84 valence electrons.